The molecule has 0 unspecified atom stereocenters. The lowest BCUT2D eigenvalue weighted by Crippen LogP contribution is -2.03. The third-order valence-electron chi connectivity index (χ3n) is 2.56. The number of hydrogen-bond donors (Lipinski definition) is 1. The third-order valence-corrected chi connectivity index (χ3v) is 2.56. The molecule has 0 spiro atoms. The lowest BCUT2D eigenvalue weighted by atomic mass is 10.1. The van der Waals surface area contributed by atoms with Crippen LogP contribution in [-0.2, 0) is 0 Å². The average molecular weight is 291 g/mol. The molecule has 0 saturated heterocycles. The van der Waals surface area contributed by atoms with Gasteiger partial charge in [0.05, 0.1) is 16.2 Å². The summed E-state index contributed by atoms with van der Waals surface area (Å²) in [7, 11) is 0. The van der Waals surface area contributed by atoms with Gasteiger partial charge in [-0.3, -0.25) is 10.1 Å². The topological polar surface area (TPSA) is 141 Å². The molecule has 0 aliphatic rings. The molecule has 22 heavy (non-hydrogen) atoms. The first-order chi connectivity index (χ1) is 10.5. The summed E-state index contributed by atoms with van der Waals surface area (Å²) >= 11 is 0. The quantitative estimate of drug-likeness (QED) is 0.390. The standard InChI is InChI=1S/C15H9N5O2/c16-8-12(15(19)13(9-17)10-18)3-1-2-11-4-6-14(7-5-11)20(21)22/h1-7H,19H2. The van der Waals surface area contributed by atoms with Crippen LogP contribution in [0.1, 0.15) is 5.56 Å². The Morgan fingerprint density at radius 2 is 1.73 bits per heavy atom. The zero-order valence-corrected chi connectivity index (χ0v) is 11.2. The fourth-order valence-corrected chi connectivity index (χ4v) is 1.43. The van der Waals surface area contributed by atoms with Crippen LogP contribution in [0, 0.1) is 44.1 Å². The zero-order chi connectivity index (χ0) is 16.5. The molecule has 0 radical (unpaired) electrons. The van der Waals surface area contributed by atoms with Crippen LogP contribution in [0.15, 0.2) is 53.3 Å². The minimum absolute atomic E-state index is 0.0174. The van der Waals surface area contributed by atoms with Gasteiger partial charge in [0.25, 0.3) is 5.69 Å². The van der Waals surface area contributed by atoms with E-state index in [9.17, 15) is 10.1 Å². The Bertz CT molecular complexity index is 780. The van der Waals surface area contributed by atoms with Gasteiger partial charge in [-0.25, -0.2) is 0 Å². The second-order valence-corrected chi connectivity index (χ2v) is 3.91. The van der Waals surface area contributed by atoms with Crippen LogP contribution in [-0.4, -0.2) is 4.92 Å². The Balaban J connectivity index is 3.01. The van der Waals surface area contributed by atoms with Crippen molar-refractivity contribution in [2.24, 2.45) is 5.73 Å². The van der Waals surface area contributed by atoms with Crippen molar-refractivity contribution >= 4 is 11.8 Å². The van der Waals surface area contributed by atoms with Crippen LogP contribution in [0.4, 0.5) is 5.69 Å². The molecule has 0 aromatic heterocycles. The molecule has 0 atom stereocenters. The van der Waals surface area contributed by atoms with Gasteiger partial charge in [0, 0.05) is 12.1 Å². The highest BCUT2D eigenvalue weighted by Crippen LogP contribution is 2.13. The molecule has 0 saturated carbocycles. The highest BCUT2D eigenvalue weighted by molar-refractivity contribution is 5.57. The first kappa shape index (κ1) is 16.2. The summed E-state index contributed by atoms with van der Waals surface area (Å²) in [6.07, 6.45) is 4.46. The minimum Gasteiger partial charge on any atom is -0.396 e. The Labute approximate surface area is 126 Å². The summed E-state index contributed by atoms with van der Waals surface area (Å²) in [4.78, 5) is 10.0. The van der Waals surface area contributed by atoms with Gasteiger partial charge in [-0.2, -0.15) is 15.8 Å². The van der Waals surface area contributed by atoms with Gasteiger partial charge in [0.15, 0.2) is 5.57 Å². The predicted molar refractivity (Wildman–Crippen MR) is 78.3 cm³/mol. The number of allylic oxidation sites excluding steroid dienone is 4. The number of hydrogen-bond acceptors (Lipinski definition) is 6. The van der Waals surface area contributed by atoms with Crippen LogP contribution in [0.25, 0.3) is 6.08 Å². The van der Waals surface area contributed by atoms with E-state index < -0.39 is 4.92 Å². The molecule has 0 bridgehead atoms. The number of nitrogens with zero attached hydrogens (tertiary/aromatic N) is 4. The van der Waals surface area contributed by atoms with E-state index in [0.29, 0.717) is 5.56 Å². The molecule has 106 valence electrons. The third kappa shape index (κ3) is 4.06. The highest BCUT2D eigenvalue weighted by atomic mass is 16.6. The van der Waals surface area contributed by atoms with Crippen molar-refractivity contribution < 1.29 is 4.92 Å². The molecule has 1 aromatic carbocycles. The molecule has 2 N–H and O–H groups in total. The summed E-state index contributed by atoms with van der Waals surface area (Å²) in [6, 6.07) is 10.8. The number of nitro groups is 1. The van der Waals surface area contributed by atoms with E-state index >= 15 is 0 Å². The number of nitriles is 3. The average Bonchev–Trinajstić information content (AvgIpc) is 2.53. The highest BCUT2D eigenvalue weighted by Gasteiger charge is 2.06. The van der Waals surface area contributed by atoms with Crippen LogP contribution in [0.2, 0.25) is 0 Å². The smallest absolute Gasteiger partial charge is 0.269 e. The lowest BCUT2D eigenvalue weighted by Gasteiger charge is -1.96. The molecular formula is C15H9N5O2. The maximum atomic E-state index is 10.5. The number of nitro benzene ring substituents is 1. The molecule has 1 rings (SSSR count). The lowest BCUT2D eigenvalue weighted by molar-refractivity contribution is -0.384. The van der Waals surface area contributed by atoms with Gasteiger partial charge >= 0.3 is 0 Å². The molecule has 7 heteroatoms. The van der Waals surface area contributed by atoms with Crippen molar-refractivity contribution in [1.29, 1.82) is 15.8 Å². The summed E-state index contributed by atoms with van der Waals surface area (Å²) in [6.45, 7) is 0. The fourth-order valence-electron chi connectivity index (χ4n) is 1.43. The van der Waals surface area contributed by atoms with Crippen LogP contribution in [0.5, 0.6) is 0 Å². The van der Waals surface area contributed by atoms with Crippen LogP contribution < -0.4 is 5.73 Å². The van der Waals surface area contributed by atoms with E-state index in [2.05, 4.69) is 0 Å². The van der Waals surface area contributed by atoms with Gasteiger partial charge in [0.1, 0.15) is 18.2 Å². The maximum Gasteiger partial charge on any atom is 0.269 e. The second-order valence-electron chi connectivity index (χ2n) is 3.91. The summed E-state index contributed by atoms with van der Waals surface area (Å²) in [5, 5.41) is 36.9. The molecule has 0 heterocycles. The molecule has 1 aromatic rings. The van der Waals surface area contributed by atoms with Crippen molar-refractivity contribution in [2.75, 3.05) is 0 Å². The molecule has 7 nitrogen and oxygen atoms in total. The minimum atomic E-state index is -0.502. The van der Waals surface area contributed by atoms with Crippen molar-refractivity contribution in [3.05, 3.63) is 68.9 Å². The summed E-state index contributed by atoms with van der Waals surface area (Å²) in [5.41, 5.74) is 5.67. The van der Waals surface area contributed by atoms with Crippen molar-refractivity contribution in [2.45, 2.75) is 0 Å². The van der Waals surface area contributed by atoms with Gasteiger partial charge < -0.3 is 5.73 Å². The predicted octanol–water partition coefficient (Wildman–Crippen LogP) is 2.32. The van der Waals surface area contributed by atoms with Gasteiger partial charge in [-0.1, -0.05) is 12.2 Å². The van der Waals surface area contributed by atoms with E-state index in [1.54, 1.807) is 36.4 Å². The first-order valence-electron chi connectivity index (χ1n) is 5.86. The SMILES string of the molecule is N#CC(=CC=Cc1ccc([N+](=O)[O-])cc1)C(N)=C(C#N)C#N. The van der Waals surface area contributed by atoms with Crippen molar-refractivity contribution in [1.82, 2.24) is 0 Å². The van der Waals surface area contributed by atoms with Crippen molar-refractivity contribution in [3.63, 3.8) is 0 Å². The van der Waals surface area contributed by atoms with Gasteiger partial charge in [-0.15, -0.1) is 0 Å². The van der Waals surface area contributed by atoms with E-state index in [1.807, 2.05) is 0 Å². The zero-order valence-electron chi connectivity index (χ0n) is 11.2. The number of non-ortho nitro benzene ring substituents is 1. The van der Waals surface area contributed by atoms with E-state index in [0.717, 1.165) is 0 Å². The van der Waals surface area contributed by atoms with Crippen LogP contribution >= 0.6 is 0 Å². The monoisotopic (exact) mass is 291 g/mol. The molecule has 0 amide bonds. The normalized spacial score (nSPS) is 10.3. The largest absolute Gasteiger partial charge is 0.396 e. The van der Waals surface area contributed by atoms with E-state index in [1.165, 1.54) is 24.3 Å². The Morgan fingerprint density at radius 3 is 2.18 bits per heavy atom. The Hall–Kier alpha value is -3.89. The molecular weight excluding hydrogens is 282 g/mol. The maximum absolute atomic E-state index is 10.5. The molecule has 0 aliphatic heterocycles. The van der Waals surface area contributed by atoms with Crippen LogP contribution in [0.3, 0.4) is 0 Å². The first-order valence-corrected chi connectivity index (χ1v) is 5.86. The summed E-state index contributed by atoms with van der Waals surface area (Å²) < 4.78 is 0. The van der Waals surface area contributed by atoms with Gasteiger partial charge in [-0.05, 0) is 23.8 Å². The summed E-state index contributed by atoms with van der Waals surface area (Å²) in [5.74, 6) is 0. The number of rotatable bonds is 4. The Morgan fingerprint density at radius 1 is 1.14 bits per heavy atom. The fraction of sp³-hybridized carbons (Fsp3) is 0. The second kappa shape index (κ2) is 7.64. The van der Waals surface area contributed by atoms with Gasteiger partial charge in [0.2, 0.25) is 0 Å². The Kier molecular flexibility index (Phi) is 5.61. The number of benzene rings is 1. The van der Waals surface area contributed by atoms with Crippen molar-refractivity contribution in [3.8, 4) is 18.2 Å². The molecule has 0 fully saturated rings. The van der Waals surface area contributed by atoms with E-state index in [-0.39, 0.29) is 22.5 Å². The van der Waals surface area contributed by atoms with E-state index in [4.69, 9.17) is 21.5 Å². The molecule has 0 aliphatic carbocycles. The number of nitrogens with two attached hydrogens (primary N) is 1.